The topological polar surface area (TPSA) is 23.8 Å². The second-order valence-corrected chi connectivity index (χ2v) is 6.36. The van der Waals surface area contributed by atoms with Crippen molar-refractivity contribution >= 4 is 27.7 Å². The first-order chi connectivity index (χ1) is 7.79. The predicted octanol–water partition coefficient (Wildman–Crippen LogP) is 4.62. The molecule has 2 atom stereocenters. The van der Waals surface area contributed by atoms with E-state index in [1.54, 1.807) is 0 Å². The summed E-state index contributed by atoms with van der Waals surface area (Å²) in [5.74, 6) is 0.238. The van der Waals surface area contributed by atoms with Gasteiger partial charge in [0.25, 0.3) is 0 Å². The first-order valence-corrected chi connectivity index (χ1v) is 7.28. The third kappa shape index (κ3) is 3.02. The lowest BCUT2D eigenvalue weighted by atomic mass is 9.90. The largest absolute Gasteiger partial charge is 0.198 e. The molecule has 1 aliphatic carbocycles. The Morgan fingerprint density at radius 3 is 2.56 bits per heavy atom. The normalized spacial score (nSPS) is 25.0. The van der Waals surface area contributed by atoms with Crippen LogP contribution in [-0.2, 0) is 0 Å². The molecule has 3 heteroatoms. The molecule has 2 rings (SSSR count). The highest BCUT2D eigenvalue weighted by molar-refractivity contribution is 9.10. The van der Waals surface area contributed by atoms with E-state index in [0.29, 0.717) is 5.25 Å². The lowest BCUT2D eigenvalue weighted by Crippen LogP contribution is -2.20. The van der Waals surface area contributed by atoms with Crippen molar-refractivity contribution < 1.29 is 0 Å². The monoisotopic (exact) mass is 295 g/mol. The number of rotatable bonds is 2. The molecule has 0 spiro atoms. The van der Waals surface area contributed by atoms with E-state index in [0.717, 1.165) is 10.9 Å². The summed E-state index contributed by atoms with van der Waals surface area (Å²) in [6, 6.07) is 10.8. The van der Waals surface area contributed by atoms with Crippen LogP contribution >= 0.6 is 27.7 Å². The van der Waals surface area contributed by atoms with Crippen LogP contribution in [0.5, 0.6) is 0 Å². The van der Waals surface area contributed by atoms with Crippen LogP contribution in [-0.4, -0.2) is 5.25 Å². The molecule has 1 aromatic rings. The van der Waals surface area contributed by atoms with Crippen molar-refractivity contribution in [2.24, 2.45) is 5.92 Å². The standard InChI is InChI=1S/C13H14BrNS/c14-11-5-7-12(8-6-11)16-13-4-2-1-3-10(13)9-15/h5-8,10,13H,1-4H2. The molecule has 0 N–H and O–H groups in total. The molecule has 84 valence electrons. The van der Waals surface area contributed by atoms with Crippen molar-refractivity contribution in [2.45, 2.75) is 35.8 Å². The molecular formula is C13H14BrNS. The minimum absolute atomic E-state index is 0.238. The van der Waals surface area contributed by atoms with E-state index in [1.165, 1.54) is 24.2 Å². The number of benzene rings is 1. The minimum Gasteiger partial charge on any atom is -0.198 e. The Hall–Kier alpha value is -0.460. The van der Waals surface area contributed by atoms with Crippen molar-refractivity contribution in [1.29, 1.82) is 5.26 Å². The smallest absolute Gasteiger partial charge is 0.0667 e. The van der Waals surface area contributed by atoms with Crippen LogP contribution in [0.25, 0.3) is 0 Å². The maximum atomic E-state index is 9.11. The third-order valence-electron chi connectivity index (χ3n) is 2.97. The molecule has 0 saturated heterocycles. The Kier molecular flexibility index (Phi) is 4.31. The summed E-state index contributed by atoms with van der Waals surface area (Å²) in [5, 5.41) is 9.60. The Morgan fingerprint density at radius 2 is 1.88 bits per heavy atom. The Balaban J connectivity index is 2.02. The SMILES string of the molecule is N#CC1CCCCC1Sc1ccc(Br)cc1. The van der Waals surface area contributed by atoms with Crippen LogP contribution in [0.1, 0.15) is 25.7 Å². The molecule has 2 unspecified atom stereocenters. The first kappa shape index (κ1) is 12.0. The second kappa shape index (κ2) is 5.75. The third-order valence-corrected chi connectivity index (χ3v) is 4.91. The fraction of sp³-hybridized carbons (Fsp3) is 0.462. The molecule has 0 aromatic heterocycles. The van der Waals surface area contributed by atoms with E-state index >= 15 is 0 Å². The molecule has 0 bridgehead atoms. The average Bonchev–Trinajstić information content (AvgIpc) is 2.33. The van der Waals surface area contributed by atoms with Crippen LogP contribution in [0.4, 0.5) is 0 Å². The van der Waals surface area contributed by atoms with Crippen LogP contribution in [0.15, 0.2) is 33.6 Å². The van der Waals surface area contributed by atoms with Gasteiger partial charge in [0.05, 0.1) is 12.0 Å². The number of nitriles is 1. The van der Waals surface area contributed by atoms with Crippen molar-refractivity contribution in [3.8, 4) is 6.07 Å². The van der Waals surface area contributed by atoms with Crippen molar-refractivity contribution in [3.63, 3.8) is 0 Å². The van der Waals surface area contributed by atoms with E-state index < -0.39 is 0 Å². The highest BCUT2D eigenvalue weighted by Crippen LogP contribution is 2.37. The van der Waals surface area contributed by atoms with Gasteiger partial charge in [-0.1, -0.05) is 28.8 Å². The summed E-state index contributed by atoms with van der Waals surface area (Å²) in [4.78, 5) is 1.27. The quantitative estimate of drug-likeness (QED) is 0.795. The van der Waals surface area contributed by atoms with Gasteiger partial charge in [0.15, 0.2) is 0 Å². The lowest BCUT2D eigenvalue weighted by molar-refractivity contribution is 0.439. The predicted molar refractivity (Wildman–Crippen MR) is 71.4 cm³/mol. The Morgan fingerprint density at radius 1 is 1.19 bits per heavy atom. The number of hydrogen-bond donors (Lipinski definition) is 0. The summed E-state index contributed by atoms with van der Waals surface area (Å²) in [7, 11) is 0. The van der Waals surface area contributed by atoms with Gasteiger partial charge in [0.1, 0.15) is 0 Å². The van der Waals surface area contributed by atoms with Gasteiger partial charge in [-0.2, -0.15) is 5.26 Å². The van der Waals surface area contributed by atoms with Crippen LogP contribution < -0.4 is 0 Å². The highest BCUT2D eigenvalue weighted by atomic mass is 79.9. The highest BCUT2D eigenvalue weighted by Gasteiger charge is 2.25. The average molecular weight is 296 g/mol. The van der Waals surface area contributed by atoms with E-state index in [1.807, 2.05) is 11.8 Å². The molecule has 1 aliphatic rings. The molecule has 1 fully saturated rings. The summed E-state index contributed by atoms with van der Waals surface area (Å²) >= 11 is 5.30. The fourth-order valence-corrected chi connectivity index (χ4v) is 3.63. The lowest BCUT2D eigenvalue weighted by Gasteiger charge is -2.26. The molecule has 0 radical (unpaired) electrons. The van der Waals surface area contributed by atoms with Gasteiger partial charge < -0.3 is 0 Å². The number of halogens is 1. The van der Waals surface area contributed by atoms with Gasteiger partial charge >= 0.3 is 0 Å². The maximum absolute atomic E-state index is 9.11. The summed E-state index contributed by atoms with van der Waals surface area (Å²) in [6.45, 7) is 0. The molecule has 0 amide bonds. The van der Waals surface area contributed by atoms with Gasteiger partial charge in [0.2, 0.25) is 0 Å². The van der Waals surface area contributed by atoms with Crippen LogP contribution in [0.3, 0.4) is 0 Å². The molecule has 16 heavy (non-hydrogen) atoms. The van der Waals surface area contributed by atoms with Gasteiger partial charge in [-0.05, 0) is 37.1 Å². The van der Waals surface area contributed by atoms with E-state index in [9.17, 15) is 0 Å². The van der Waals surface area contributed by atoms with E-state index in [-0.39, 0.29) is 5.92 Å². The zero-order chi connectivity index (χ0) is 11.4. The number of nitrogens with zero attached hydrogens (tertiary/aromatic N) is 1. The number of thioether (sulfide) groups is 1. The van der Waals surface area contributed by atoms with Gasteiger partial charge in [-0.15, -0.1) is 11.8 Å². The minimum atomic E-state index is 0.238. The van der Waals surface area contributed by atoms with Gasteiger partial charge in [0, 0.05) is 14.6 Å². The Labute approximate surface area is 109 Å². The van der Waals surface area contributed by atoms with Crippen molar-refractivity contribution in [3.05, 3.63) is 28.7 Å². The molecule has 0 aliphatic heterocycles. The zero-order valence-electron chi connectivity index (χ0n) is 9.03. The van der Waals surface area contributed by atoms with Crippen molar-refractivity contribution in [2.75, 3.05) is 0 Å². The van der Waals surface area contributed by atoms with E-state index in [2.05, 4.69) is 46.3 Å². The molecule has 0 heterocycles. The maximum Gasteiger partial charge on any atom is 0.0667 e. The van der Waals surface area contributed by atoms with Crippen LogP contribution in [0.2, 0.25) is 0 Å². The van der Waals surface area contributed by atoms with Crippen molar-refractivity contribution in [1.82, 2.24) is 0 Å². The summed E-state index contributed by atoms with van der Waals surface area (Å²) in [6.07, 6.45) is 4.74. The first-order valence-electron chi connectivity index (χ1n) is 5.61. The van der Waals surface area contributed by atoms with Crippen LogP contribution in [0, 0.1) is 17.2 Å². The Bertz CT molecular complexity index is 382. The summed E-state index contributed by atoms with van der Waals surface area (Å²) < 4.78 is 1.11. The molecule has 1 aromatic carbocycles. The molecule has 1 saturated carbocycles. The number of hydrogen-bond acceptors (Lipinski definition) is 2. The zero-order valence-corrected chi connectivity index (χ0v) is 11.4. The summed E-state index contributed by atoms with van der Waals surface area (Å²) in [5.41, 5.74) is 0. The second-order valence-electron chi connectivity index (χ2n) is 4.13. The van der Waals surface area contributed by atoms with E-state index in [4.69, 9.17) is 5.26 Å². The van der Waals surface area contributed by atoms with Gasteiger partial charge in [-0.25, -0.2) is 0 Å². The fourth-order valence-electron chi connectivity index (χ4n) is 2.07. The van der Waals surface area contributed by atoms with Gasteiger partial charge in [-0.3, -0.25) is 0 Å². The molecular weight excluding hydrogens is 282 g/mol. The molecule has 1 nitrogen and oxygen atoms in total.